The Bertz CT molecular complexity index is 257. The number of rotatable bonds is 5. The average Bonchev–Trinajstić information content (AvgIpc) is 3.20. The molecule has 0 aliphatic heterocycles. The van der Waals surface area contributed by atoms with Crippen LogP contribution in [0.2, 0.25) is 0 Å². The Morgan fingerprint density at radius 1 is 1.24 bits per heavy atom. The first-order valence-electron chi connectivity index (χ1n) is 7.17. The van der Waals surface area contributed by atoms with Crippen molar-refractivity contribution in [3.63, 3.8) is 0 Å². The van der Waals surface area contributed by atoms with Crippen LogP contribution in [0.1, 0.15) is 51.9 Å². The number of hydrogen-bond donors (Lipinski definition) is 1. The second-order valence-electron chi connectivity index (χ2n) is 5.80. The number of nitrogens with one attached hydrogen (secondary N) is 1. The van der Waals surface area contributed by atoms with Gasteiger partial charge in [0.1, 0.15) is 0 Å². The Morgan fingerprint density at radius 3 is 2.47 bits per heavy atom. The fraction of sp³-hybridized carbons (Fsp3) is 0.929. The van der Waals surface area contributed by atoms with Crippen molar-refractivity contribution in [3.8, 4) is 0 Å². The predicted molar refractivity (Wildman–Crippen MR) is 69.8 cm³/mol. The molecule has 0 heterocycles. The van der Waals surface area contributed by atoms with Gasteiger partial charge in [0.15, 0.2) is 0 Å². The van der Waals surface area contributed by atoms with Gasteiger partial charge in [-0.2, -0.15) is 0 Å². The van der Waals surface area contributed by atoms with Gasteiger partial charge in [-0.05, 0) is 38.5 Å². The monoisotopic (exact) mass is 238 g/mol. The summed E-state index contributed by atoms with van der Waals surface area (Å²) in [4.78, 5) is 13.8. The summed E-state index contributed by atoms with van der Waals surface area (Å²) >= 11 is 0. The molecule has 0 radical (unpaired) electrons. The molecule has 1 amide bonds. The molecule has 1 N–H and O–H groups in total. The van der Waals surface area contributed by atoms with E-state index in [9.17, 15) is 4.79 Å². The zero-order valence-corrected chi connectivity index (χ0v) is 11.2. The van der Waals surface area contributed by atoms with Crippen LogP contribution in [0.15, 0.2) is 0 Å². The Morgan fingerprint density at radius 2 is 1.88 bits per heavy atom. The summed E-state index contributed by atoms with van der Waals surface area (Å²) in [6.45, 7) is 2.76. The summed E-state index contributed by atoms with van der Waals surface area (Å²) in [5.41, 5.74) is 0. The minimum Gasteiger partial charge on any atom is -0.342 e. The minimum absolute atomic E-state index is 0.259. The van der Waals surface area contributed by atoms with Crippen LogP contribution in [0.25, 0.3) is 0 Å². The van der Waals surface area contributed by atoms with E-state index in [1.54, 1.807) is 0 Å². The van der Waals surface area contributed by atoms with E-state index < -0.39 is 0 Å². The molecule has 17 heavy (non-hydrogen) atoms. The molecule has 0 bridgehead atoms. The highest BCUT2D eigenvalue weighted by atomic mass is 16.2. The number of likely N-dealkylation sites (N-methyl/N-ethyl adjacent to an activating group) is 1. The Kier molecular flexibility index (Phi) is 4.43. The second-order valence-corrected chi connectivity index (χ2v) is 5.80. The highest BCUT2D eigenvalue weighted by molar-refractivity contribution is 5.78. The van der Waals surface area contributed by atoms with Crippen LogP contribution in [0.5, 0.6) is 0 Å². The Hall–Kier alpha value is -0.570. The average molecular weight is 238 g/mol. The van der Waals surface area contributed by atoms with Crippen molar-refractivity contribution in [3.05, 3.63) is 0 Å². The highest BCUT2D eigenvalue weighted by Crippen LogP contribution is 2.27. The molecular weight excluding hydrogens is 212 g/mol. The van der Waals surface area contributed by atoms with Crippen LogP contribution in [0.4, 0.5) is 0 Å². The summed E-state index contributed by atoms with van der Waals surface area (Å²) in [7, 11) is 1.94. The van der Waals surface area contributed by atoms with E-state index in [4.69, 9.17) is 0 Å². The summed E-state index contributed by atoms with van der Waals surface area (Å²) in [5, 5.41) is 3.42. The van der Waals surface area contributed by atoms with Gasteiger partial charge in [0.05, 0.1) is 6.54 Å². The van der Waals surface area contributed by atoms with Crippen molar-refractivity contribution in [2.45, 2.75) is 64.0 Å². The summed E-state index contributed by atoms with van der Waals surface area (Å²) in [5.74, 6) is 1.04. The van der Waals surface area contributed by atoms with Crippen LogP contribution in [-0.4, -0.2) is 36.5 Å². The van der Waals surface area contributed by atoms with E-state index >= 15 is 0 Å². The lowest BCUT2D eigenvalue weighted by Gasteiger charge is -2.28. The van der Waals surface area contributed by atoms with Crippen molar-refractivity contribution in [1.29, 1.82) is 0 Å². The van der Waals surface area contributed by atoms with E-state index in [2.05, 4.69) is 12.2 Å². The molecule has 2 aliphatic rings. The third-order valence-corrected chi connectivity index (χ3v) is 4.42. The summed E-state index contributed by atoms with van der Waals surface area (Å²) in [6.07, 6.45) is 9.19. The lowest BCUT2D eigenvalue weighted by Crippen LogP contribution is -2.42. The zero-order valence-electron chi connectivity index (χ0n) is 11.2. The molecule has 0 aromatic carbocycles. The lowest BCUT2D eigenvalue weighted by molar-refractivity contribution is -0.129. The lowest BCUT2D eigenvalue weighted by atomic mass is 9.84. The van der Waals surface area contributed by atoms with E-state index in [1.807, 2.05) is 11.9 Å². The molecule has 3 heteroatoms. The van der Waals surface area contributed by atoms with Crippen molar-refractivity contribution < 1.29 is 4.79 Å². The van der Waals surface area contributed by atoms with Crippen molar-refractivity contribution in [2.24, 2.45) is 5.92 Å². The molecule has 0 spiro atoms. The van der Waals surface area contributed by atoms with Gasteiger partial charge in [-0.15, -0.1) is 0 Å². The number of carbonyl (C=O) groups excluding carboxylic acids is 1. The fourth-order valence-corrected chi connectivity index (χ4v) is 2.84. The first kappa shape index (κ1) is 12.9. The molecule has 98 valence electrons. The fourth-order valence-electron chi connectivity index (χ4n) is 2.84. The number of carbonyl (C=O) groups is 1. The third kappa shape index (κ3) is 3.70. The first-order chi connectivity index (χ1) is 8.18. The molecule has 3 nitrogen and oxygen atoms in total. The van der Waals surface area contributed by atoms with Crippen molar-refractivity contribution in [2.75, 3.05) is 13.6 Å². The first-order valence-corrected chi connectivity index (χ1v) is 7.17. The summed E-state index contributed by atoms with van der Waals surface area (Å²) < 4.78 is 0. The smallest absolute Gasteiger partial charge is 0.236 e. The molecular formula is C14H26N2O. The van der Waals surface area contributed by atoms with Crippen molar-refractivity contribution in [1.82, 2.24) is 10.2 Å². The quantitative estimate of drug-likeness (QED) is 0.796. The molecule has 0 unspecified atom stereocenters. The third-order valence-electron chi connectivity index (χ3n) is 4.42. The minimum atomic E-state index is 0.259. The van der Waals surface area contributed by atoms with Gasteiger partial charge in [-0.1, -0.05) is 19.3 Å². The van der Waals surface area contributed by atoms with Gasteiger partial charge in [-0.3, -0.25) is 4.79 Å². The van der Waals surface area contributed by atoms with Gasteiger partial charge in [0.2, 0.25) is 5.91 Å². The van der Waals surface area contributed by atoms with Crippen LogP contribution in [-0.2, 0) is 4.79 Å². The summed E-state index contributed by atoms with van der Waals surface area (Å²) in [6, 6.07) is 1.03. The molecule has 0 saturated heterocycles. The normalized spacial score (nSPS) is 23.4. The van der Waals surface area contributed by atoms with Crippen LogP contribution in [0, 0.1) is 5.92 Å². The second kappa shape index (κ2) is 5.85. The molecule has 2 rings (SSSR count). The maximum absolute atomic E-state index is 11.9. The van der Waals surface area contributed by atoms with E-state index in [0.29, 0.717) is 18.6 Å². The van der Waals surface area contributed by atoms with Crippen LogP contribution < -0.4 is 5.32 Å². The standard InChI is InChI=1S/C14H26N2O/c1-11(12-6-4-3-5-7-12)15-10-14(17)16(2)13-8-9-13/h11-13,15H,3-10H2,1-2H3/t11-/m1/s1. The predicted octanol–water partition coefficient (Wildman–Crippen LogP) is 2.17. The molecule has 1 atom stereocenters. The van der Waals surface area contributed by atoms with Gasteiger partial charge in [0.25, 0.3) is 0 Å². The molecule has 2 aliphatic carbocycles. The molecule has 2 fully saturated rings. The number of nitrogens with zero attached hydrogens (tertiary/aromatic N) is 1. The van der Waals surface area contributed by atoms with Crippen molar-refractivity contribution >= 4 is 5.91 Å². The van der Waals surface area contributed by atoms with Gasteiger partial charge in [0, 0.05) is 19.1 Å². The van der Waals surface area contributed by atoms with E-state index in [0.717, 1.165) is 5.92 Å². The molecule has 0 aromatic heterocycles. The van der Waals surface area contributed by atoms with Gasteiger partial charge < -0.3 is 10.2 Å². The van der Waals surface area contributed by atoms with Gasteiger partial charge in [-0.25, -0.2) is 0 Å². The number of amides is 1. The SMILES string of the molecule is C[C@@H](NCC(=O)N(C)C1CC1)C1CCCCC1. The zero-order chi connectivity index (χ0) is 12.3. The number of hydrogen-bond acceptors (Lipinski definition) is 2. The molecule has 2 saturated carbocycles. The Labute approximate surface area is 105 Å². The van der Waals surface area contributed by atoms with E-state index in [1.165, 1.54) is 44.9 Å². The van der Waals surface area contributed by atoms with Crippen LogP contribution >= 0.6 is 0 Å². The maximum Gasteiger partial charge on any atom is 0.236 e. The molecule has 0 aromatic rings. The van der Waals surface area contributed by atoms with E-state index in [-0.39, 0.29) is 5.91 Å². The Balaban J connectivity index is 1.67. The maximum atomic E-state index is 11.9. The van der Waals surface area contributed by atoms with Gasteiger partial charge >= 0.3 is 0 Å². The highest BCUT2D eigenvalue weighted by Gasteiger charge is 2.29. The van der Waals surface area contributed by atoms with Crippen LogP contribution in [0.3, 0.4) is 0 Å². The largest absolute Gasteiger partial charge is 0.342 e. The topological polar surface area (TPSA) is 32.3 Å².